The quantitative estimate of drug-likeness (QED) is 0.810. The van der Waals surface area contributed by atoms with Crippen LogP contribution in [0.3, 0.4) is 0 Å². The van der Waals surface area contributed by atoms with E-state index in [9.17, 15) is 0 Å². The highest BCUT2D eigenvalue weighted by atomic mass is 35.5. The first-order valence-corrected chi connectivity index (χ1v) is 5.69. The fraction of sp³-hybridized carbons (Fsp3) is 0.125. The van der Waals surface area contributed by atoms with E-state index in [4.69, 9.17) is 17.3 Å². The predicted octanol–water partition coefficient (Wildman–Crippen LogP) is 1.62. The Kier molecular flexibility index (Phi) is 2.79. The van der Waals surface area contributed by atoms with E-state index >= 15 is 0 Å². The molecule has 0 atom stereocenters. The fourth-order valence-corrected chi connectivity index (χ4v) is 1.65. The molecule has 78 valence electrons. The van der Waals surface area contributed by atoms with Crippen molar-refractivity contribution >= 4 is 29.2 Å². The molecule has 0 fully saturated rings. The zero-order chi connectivity index (χ0) is 10.8. The van der Waals surface area contributed by atoms with Gasteiger partial charge in [-0.2, -0.15) is 9.78 Å². The number of aromatic nitrogens is 4. The van der Waals surface area contributed by atoms with E-state index in [1.54, 1.807) is 18.3 Å². The highest BCUT2D eigenvalue weighted by Crippen LogP contribution is 2.23. The van der Waals surface area contributed by atoms with E-state index < -0.39 is 0 Å². The largest absolute Gasteiger partial charge is 0.383 e. The van der Waals surface area contributed by atoms with Gasteiger partial charge in [0.1, 0.15) is 5.82 Å². The molecule has 0 saturated carbocycles. The van der Waals surface area contributed by atoms with Crippen molar-refractivity contribution in [3.63, 3.8) is 0 Å². The summed E-state index contributed by atoms with van der Waals surface area (Å²) in [6.45, 7) is 0. The van der Waals surface area contributed by atoms with Gasteiger partial charge in [0.2, 0.25) is 0 Å². The summed E-state index contributed by atoms with van der Waals surface area (Å²) in [5.74, 6) is 1.11. The van der Waals surface area contributed by atoms with Crippen LogP contribution in [0.2, 0.25) is 5.15 Å². The maximum Gasteiger partial charge on any atom is 0.178 e. The molecule has 0 saturated heterocycles. The Morgan fingerprint density at radius 1 is 1.40 bits per heavy atom. The van der Waals surface area contributed by atoms with Crippen molar-refractivity contribution in [3.8, 4) is 5.82 Å². The zero-order valence-corrected chi connectivity index (χ0v) is 9.46. The van der Waals surface area contributed by atoms with Crippen molar-refractivity contribution < 1.29 is 0 Å². The summed E-state index contributed by atoms with van der Waals surface area (Å²) in [5, 5.41) is 12.1. The summed E-state index contributed by atoms with van der Waals surface area (Å²) < 4.78 is 1.52. The van der Waals surface area contributed by atoms with Crippen LogP contribution in [0.15, 0.2) is 23.2 Å². The van der Waals surface area contributed by atoms with Crippen LogP contribution >= 0.6 is 23.4 Å². The van der Waals surface area contributed by atoms with Gasteiger partial charge < -0.3 is 5.73 Å². The normalized spacial score (nSPS) is 10.5. The molecule has 2 N–H and O–H groups in total. The Labute approximate surface area is 95.6 Å². The molecule has 7 heteroatoms. The number of thioether (sulfide) groups is 1. The van der Waals surface area contributed by atoms with Gasteiger partial charge in [-0.1, -0.05) is 11.6 Å². The maximum absolute atomic E-state index is 5.86. The molecule has 0 bridgehead atoms. The van der Waals surface area contributed by atoms with Gasteiger partial charge in [0.15, 0.2) is 11.0 Å². The first-order chi connectivity index (χ1) is 7.22. The third kappa shape index (κ3) is 1.91. The second-order valence-electron chi connectivity index (χ2n) is 2.72. The minimum Gasteiger partial charge on any atom is -0.383 e. The molecule has 0 unspecified atom stereocenters. The summed E-state index contributed by atoms with van der Waals surface area (Å²) in [7, 11) is 0. The van der Waals surface area contributed by atoms with E-state index in [-0.39, 0.29) is 0 Å². The molecule has 0 aromatic carbocycles. The topological polar surface area (TPSA) is 69.6 Å². The molecule has 5 nitrogen and oxygen atoms in total. The first kappa shape index (κ1) is 10.3. The number of nitrogen functional groups attached to an aromatic ring is 1. The molecule has 0 aliphatic rings. The molecular formula is C8H8ClN5S. The van der Waals surface area contributed by atoms with Gasteiger partial charge in [0.25, 0.3) is 0 Å². The van der Waals surface area contributed by atoms with Crippen molar-refractivity contribution in [2.24, 2.45) is 0 Å². The Hall–Kier alpha value is -1.27. The van der Waals surface area contributed by atoms with E-state index in [0.29, 0.717) is 16.8 Å². The number of hydrogen-bond acceptors (Lipinski definition) is 5. The number of nitrogens with zero attached hydrogens (tertiary/aromatic N) is 4. The van der Waals surface area contributed by atoms with Crippen LogP contribution in [0.5, 0.6) is 0 Å². The van der Waals surface area contributed by atoms with Gasteiger partial charge in [-0.05, 0) is 18.4 Å². The minimum absolute atomic E-state index is 0.342. The highest BCUT2D eigenvalue weighted by molar-refractivity contribution is 7.98. The molecule has 0 radical (unpaired) electrons. The lowest BCUT2D eigenvalue weighted by Gasteiger charge is -2.01. The third-order valence-corrected chi connectivity index (χ3v) is 2.78. The summed E-state index contributed by atoms with van der Waals surface area (Å²) in [6, 6.07) is 3.35. The lowest BCUT2D eigenvalue weighted by Crippen LogP contribution is -2.04. The van der Waals surface area contributed by atoms with Gasteiger partial charge in [0.05, 0.1) is 11.1 Å². The second-order valence-corrected chi connectivity index (χ2v) is 3.96. The van der Waals surface area contributed by atoms with Crippen LogP contribution in [0.1, 0.15) is 0 Å². The molecular weight excluding hydrogens is 234 g/mol. The third-order valence-electron chi connectivity index (χ3n) is 1.83. The van der Waals surface area contributed by atoms with Gasteiger partial charge in [-0.3, -0.25) is 0 Å². The highest BCUT2D eigenvalue weighted by Gasteiger charge is 2.09. The van der Waals surface area contributed by atoms with Crippen molar-refractivity contribution in [2.45, 2.75) is 4.90 Å². The van der Waals surface area contributed by atoms with Crippen LogP contribution in [0, 0.1) is 0 Å². The van der Waals surface area contributed by atoms with Crippen LogP contribution < -0.4 is 5.73 Å². The van der Waals surface area contributed by atoms with Gasteiger partial charge in [-0.25, -0.2) is 0 Å². The average molecular weight is 242 g/mol. The lowest BCUT2D eigenvalue weighted by atomic mass is 10.5. The van der Waals surface area contributed by atoms with Gasteiger partial charge in [0, 0.05) is 0 Å². The molecule has 2 heterocycles. The van der Waals surface area contributed by atoms with Crippen LogP contribution in [0.4, 0.5) is 5.82 Å². The SMILES string of the molecule is CSc1cnn(-c2ccc(Cl)nn2)c1N. The number of rotatable bonds is 2. The number of nitrogens with two attached hydrogens (primary N) is 1. The van der Waals surface area contributed by atoms with Gasteiger partial charge in [-0.15, -0.1) is 22.0 Å². The Balaban J connectivity index is 2.45. The molecule has 15 heavy (non-hydrogen) atoms. The molecule has 2 aromatic heterocycles. The molecule has 0 amide bonds. The van der Waals surface area contributed by atoms with Crippen molar-refractivity contribution in [2.75, 3.05) is 12.0 Å². The minimum atomic E-state index is 0.342. The van der Waals surface area contributed by atoms with E-state index in [0.717, 1.165) is 4.90 Å². The van der Waals surface area contributed by atoms with Crippen LogP contribution in [0.25, 0.3) is 5.82 Å². The summed E-state index contributed by atoms with van der Waals surface area (Å²) in [4.78, 5) is 0.909. The summed E-state index contributed by atoms with van der Waals surface area (Å²) >= 11 is 7.16. The fourth-order valence-electron chi connectivity index (χ4n) is 1.10. The zero-order valence-electron chi connectivity index (χ0n) is 7.88. The molecule has 0 aliphatic carbocycles. The van der Waals surface area contributed by atoms with Gasteiger partial charge >= 0.3 is 0 Å². The van der Waals surface area contributed by atoms with Crippen LogP contribution in [-0.4, -0.2) is 26.2 Å². The standard InChI is InChI=1S/C8H8ClN5S/c1-15-5-4-11-14(8(5)10)7-3-2-6(9)12-13-7/h2-4H,10H2,1H3. The van der Waals surface area contributed by atoms with E-state index in [2.05, 4.69) is 15.3 Å². The first-order valence-electron chi connectivity index (χ1n) is 4.09. The smallest absolute Gasteiger partial charge is 0.178 e. The van der Waals surface area contributed by atoms with Crippen molar-refractivity contribution in [1.82, 2.24) is 20.0 Å². The van der Waals surface area contributed by atoms with Crippen LogP contribution in [-0.2, 0) is 0 Å². The predicted molar refractivity (Wildman–Crippen MR) is 60.4 cm³/mol. The summed E-state index contributed by atoms with van der Waals surface area (Å²) in [6.07, 6.45) is 3.63. The van der Waals surface area contributed by atoms with E-state index in [1.165, 1.54) is 16.4 Å². The molecule has 2 aromatic rings. The monoisotopic (exact) mass is 241 g/mol. The lowest BCUT2D eigenvalue weighted by molar-refractivity contribution is 0.822. The Bertz CT molecular complexity index is 466. The average Bonchev–Trinajstić information content (AvgIpc) is 2.61. The Morgan fingerprint density at radius 2 is 2.20 bits per heavy atom. The maximum atomic E-state index is 5.86. The molecule has 0 spiro atoms. The number of halogens is 1. The number of anilines is 1. The molecule has 0 aliphatic heterocycles. The second kappa shape index (κ2) is 4.08. The van der Waals surface area contributed by atoms with E-state index in [1.807, 2.05) is 6.26 Å². The number of hydrogen-bond donors (Lipinski definition) is 1. The van der Waals surface area contributed by atoms with Crippen molar-refractivity contribution in [1.29, 1.82) is 0 Å². The summed E-state index contributed by atoms with van der Waals surface area (Å²) in [5.41, 5.74) is 5.86. The molecule has 2 rings (SSSR count). The Morgan fingerprint density at radius 3 is 2.73 bits per heavy atom. The van der Waals surface area contributed by atoms with Crippen molar-refractivity contribution in [3.05, 3.63) is 23.5 Å².